The Balaban J connectivity index is 1.89. The molecular weight excluding hydrogens is 411 g/mol. The maximum Gasteiger partial charge on any atom is 0.333 e. The lowest BCUT2D eigenvalue weighted by atomic mass is 10.1. The molecule has 0 radical (unpaired) electrons. The van der Waals surface area contributed by atoms with Crippen molar-refractivity contribution in [3.05, 3.63) is 75.3 Å². The molecule has 0 unspecified atom stereocenters. The molecule has 0 aliphatic carbocycles. The Hall–Kier alpha value is -2.45. The van der Waals surface area contributed by atoms with Crippen LogP contribution in [0.4, 0.5) is 0 Å². The topological polar surface area (TPSA) is 55.8 Å². The van der Waals surface area contributed by atoms with Gasteiger partial charge < -0.3 is 14.6 Å². The van der Waals surface area contributed by atoms with Crippen LogP contribution in [0.15, 0.2) is 54.1 Å². The van der Waals surface area contributed by atoms with E-state index in [1.54, 1.807) is 25.1 Å². The van der Waals surface area contributed by atoms with Crippen LogP contribution in [0.2, 0.25) is 10.0 Å². The predicted octanol–water partition coefficient (Wildman–Crippen LogP) is 5.40. The normalized spacial score (nSPS) is 12.1. The Labute approximate surface area is 181 Å². The van der Waals surface area contributed by atoms with E-state index in [1.807, 2.05) is 37.3 Å². The van der Waals surface area contributed by atoms with E-state index in [1.165, 1.54) is 0 Å². The summed E-state index contributed by atoms with van der Waals surface area (Å²) in [5.74, 6) is 5.78. The van der Waals surface area contributed by atoms with E-state index in [0.29, 0.717) is 35.4 Å². The maximum atomic E-state index is 11.2. The number of aliphatic carboxylic acids is 1. The molecule has 0 amide bonds. The fraction of sp³-hybridized carbons (Fsp3) is 0.261. The molecule has 0 fully saturated rings. The van der Waals surface area contributed by atoms with Crippen molar-refractivity contribution >= 4 is 29.2 Å². The van der Waals surface area contributed by atoms with Gasteiger partial charge in [0.1, 0.15) is 12.4 Å². The highest BCUT2D eigenvalue weighted by atomic mass is 35.5. The Morgan fingerprint density at radius 3 is 2.41 bits per heavy atom. The highest BCUT2D eigenvalue weighted by Gasteiger charge is 2.17. The molecule has 0 aliphatic rings. The van der Waals surface area contributed by atoms with E-state index >= 15 is 0 Å². The molecule has 0 spiro atoms. The number of carboxylic acid groups (broad SMARTS) is 1. The van der Waals surface area contributed by atoms with E-state index in [9.17, 15) is 4.79 Å². The molecule has 152 valence electrons. The molecule has 0 aromatic heterocycles. The van der Waals surface area contributed by atoms with Crippen LogP contribution >= 0.6 is 23.2 Å². The number of benzene rings is 2. The number of allylic oxidation sites excluding steroid dienone is 1. The fourth-order valence-electron chi connectivity index (χ4n) is 2.47. The minimum Gasteiger partial charge on any atom is -0.490 e. The fourth-order valence-corrected chi connectivity index (χ4v) is 2.99. The van der Waals surface area contributed by atoms with Crippen molar-refractivity contribution in [2.45, 2.75) is 26.4 Å². The zero-order chi connectivity index (χ0) is 21.2. The molecule has 29 heavy (non-hydrogen) atoms. The first-order valence-corrected chi connectivity index (χ1v) is 9.84. The van der Waals surface area contributed by atoms with Crippen LogP contribution in [0.3, 0.4) is 0 Å². The molecule has 0 heterocycles. The van der Waals surface area contributed by atoms with Gasteiger partial charge in [-0.2, -0.15) is 0 Å². The Morgan fingerprint density at radius 1 is 1.17 bits per heavy atom. The molecule has 4 nitrogen and oxygen atoms in total. The maximum absolute atomic E-state index is 11.2. The van der Waals surface area contributed by atoms with E-state index in [2.05, 4.69) is 11.8 Å². The summed E-state index contributed by atoms with van der Waals surface area (Å²) in [5, 5.41) is 10.2. The van der Waals surface area contributed by atoms with Crippen molar-refractivity contribution in [1.82, 2.24) is 0 Å². The lowest BCUT2D eigenvalue weighted by Gasteiger charge is -2.12. The van der Waals surface area contributed by atoms with Gasteiger partial charge >= 0.3 is 5.97 Å². The largest absolute Gasteiger partial charge is 0.490 e. The molecule has 2 aromatic rings. The molecule has 0 bridgehead atoms. The number of ether oxygens (including phenoxy) is 2. The molecule has 1 atom stereocenters. The van der Waals surface area contributed by atoms with Gasteiger partial charge in [0, 0.05) is 28.6 Å². The zero-order valence-electron chi connectivity index (χ0n) is 16.2. The number of halogens is 2. The van der Waals surface area contributed by atoms with Gasteiger partial charge in [0.05, 0.1) is 0 Å². The van der Waals surface area contributed by atoms with Gasteiger partial charge in [0.15, 0.2) is 6.10 Å². The summed E-state index contributed by atoms with van der Waals surface area (Å²) in [7, 11) is 0. The second-order valence-electron chi connectivity index (χ2n) is 6.24. The lowest BCUT2D eigenvalue weighted by molar-refractivity contribution is -0.149. The molecule has 2 aromatic carbocycles. The first-order chi connectivity index (χ1) is 13.9. The third-order valence-corrected chi connectivity index (χ3v) is 4.33. The predicted molar refractivity (Wildman–Crippen MR) is 116 cm³/mol. The second kappa shape index (κ2) is 11.5. The highest BCUT2D eigenvalue weighted by molar-refractivity contribution is 6.34. The molecule has 0 aliphatic heterocycles. The summed E-state index contributed by atoms with van der Waals surface area (Å²) in [6.07, 6.45) is 1.35. The second-order valence-corrected chi connectivity index (χ2v) is 7.11. The Kier molecular flexibility index (Phi) is 9.08. The van der Waals surface area contributed by atoms with Gasteiger partial charge in [-0.3, -0.25) is 0 Å². The number of hydrogen-bond donors (Lipinski definition) is 1. The summed E-state index contributed by atoms with van der Waals surface area (Å²) in [4.78, 5) is 11.2. The van der Waals surface area contributed by atoms with Gasteiger partial charge in [-0.1, -0.05) is 47.2 Å². The van der Waals surface area contributed by atoms with Crippen LogP contribution in [-0.4, -0.2) is 30.4 Å². The molecular formula is C23H22Cl2O4. The van der Waals surface area contributed by atoms with Crippen molar-refractivity contribution < 1.29 is 19.4 Å². The Morgan fingerprint density at radius 2 is 1.83 bits per heavy atom. The summed E-state index contributed by atoms with van der Waals surface area (Å²) in [6, 6.07) is 12.5. The monoisotopic (exact) mass is 432 g/mol. The van der Waals surface area contributed by atoms with Crippen LogP contribution in [-0.2, 0) is 16.0 Å². The van der Waals surface area contributed by atoms with Crippen LogP contribution in [0.1, 0.15) is 25.0 Å². The summed E-state index contributed by atoms with van der Waals surface area (Å²) >= 11 is 11.9. The zero-order valence-corrected chi connectivity index (χ0v) is 17.8. The summed E-state index contributed by atoms with van der Waals surface area (Å²) in [5.41, 5.74) is 2.48. The van der Waals surface area contributed by atoms with Crippen molar-refractivity contribution in [2.24, 2.45) is 0 Å². The minimum atomic E-state index is -0.964. The van der Waals surface area contributed by atoms with Crippen LogP contribution < -0.4 is 4.74 Å². The van der Waals surface area contributed by atoms with Gasteiger partial charge in [-0.25, -0.2) is 4.79 Å². The van der Waals surface area contributed by atoms with Crippen molar-refractivity contribution in [3.8, 4) is 17.6 Å². The Bertz CT molecular complexity index is 904. The summed E-state index contributed by atoms with van der Waals surface area (Å²) in [6.45, 7) is 4.40. The van der Waals surface area contributed by atoms with E-state index in [-0.39, 0.29) is 0 Å². The number of carbonyl (C=O) groups is 1. The minimum absolute atomic E-state index is 0.311. The van der Waals surface area contributed by atoms with Crippen molar-refractivity contribution in [2.75, 3.05) is 13.2 Å². The average Bonchev–Trinajstić information content (AvgIpc) is 2.66. The van der Waals surface area contributed by atoms with Crippen LogP contribution in [0.25, 0.3) is 0 Å². The third-order valence-electron chi connectivity index (χ3n) is 3.89. The van der Waals surface area contributed by atoms with E-state index < -0.39 is 12.1 Å². The summed E-state index contributed by atoms with van der Waals surface area (Å²) < 4.78 is 10.9. The molecule has 0 saturated carbocycles. The smallest absolute Gasteiger partial charge is 0.333 e. The quantitative estimate of drug-likeness (QED) is 0.567. The molecule has 0 saturated heterocycles. The average molecular weight is 433 g/mol. The number of carboxylic acids is 1. The van der Waals surface area contributed by atoms with Gasteiger partial charge in [-0.15, -0.1) is 0 Å². The van der Waals surface area contributed by atoms with Gasteiger partial charge in [-0.05, 0) is 61.4 Å². The van der Waals surface area contributed by atoms with Gasteiger partial charge in [0.2, 0.25) is 0 Å². The third kappa shape index (κ3) is 8.21. The molecule has 1 N–H and O–H groups in total. The first-order valence-electron chi connectivity index (χ1n) is 9.08. The molecule has 2 rings (SSSR count). The number of rotatable bonds is 8. The number of hydrogen-bond acceptors (Lipinski definition) is 3. The SMILES string of the molecule is CCO[C@@H](Cc1ccc(OC/C=C(/C)C#Cc2cc(Cl)cc(Cl)c2)cc1)C(=O)O. The van der Waals surface area contributed by atoms with Crippen LogP contribution in [0.5, 0.6) is 5.75 Å². The standard InChI is InChI=1S/C23H22Cl2O4/c1-3-28-22(23(26)27)14-17-6-8-21(9-7-17)29-11-10-16(2)4-5-18-12-19(24)15-20(25)13-18/h6-10,12-13,15,22H,3,11,14H2,1-2H3,(H,26,27)/b16-10-/t22-/m0/s1. The van der Waals surface area contributed by atoms with E-state index in [4.69, 9.17) is 37.8 Å². The van der Waals surface area contributed by atoms with Crippen LogP contribution in [0, 0.1) is 11.8 Å². The van der Waals surface area contributed by atoms with Gasteiger partial charge in [0.25, 0.3) is 0 Å². The van der Waals surface area contributed by atoms with E-state index in [0.717, 1.165) is 16.7 Å². The lowest BCUT2D eigenvalue weighted by Crippen LogP contribution is -2.26. The first kappa shape index (κ1) is 22.8. The van der Waals surface area contributed by atoms with Crippen molar-refractivity contribution in [1.29, 1.82) is 0 Å². The highest BCUT2D eigenvalue weighted by Crippen LogP contribution is 2.18. The molecule has 6 heteroatoms. The van der Waals surface area contributed by atoms with Crippen molar-refractivity contribution in [3.63, 3.8) is 0 Å².